The minimum Gasteiger partial charge on any atom is -0.352 e. The summed E-state index contributed by atoms with van der Waals surface area (Å²) in [6.07, 6.45) is 0.773. The van der Waals surface area contributed by atoms with Gasteiger partial charge in [0, 0.05) is 12.6 Å². The number of carbonyl (C=O) groups is 2. The highest BCUT2D eigenvalue weighted by Gasteiger charge is 2.35. The van der Waals surface area contributed by atoms with Crippen LogP contribution in [0.25, 0.3) is 0 Å². The number of amides is 2. The Morgan fingerprint density at radius 2 is 1.77 bits per heavy atom. The second-order valence-corrected chi connectivity index (χ2v) is 12.3. The zero-order valence-electron chi connectivity index (χ0n) is 22.1. The number of anilines is 1. The largest absolute Gasteiger partial charge is 0.416 e. The van der Waals surface area contributed by atoms with Crippen molar-refractivity contribution in [3.05, 3.63) is 64.2 Å². The van der Waals surface area contributed by atoms with Gasteiger partial charge in [0.05, 0.1) is 22.5 Å². The number of hydrogen-bond donors (Lipinski definition) is 1. The molecule has 0 bridgehead atoms. The first-order chi connectivity index (χ1) is 18.2. The van der Waals surface area contributed by atoms with Gasteiger partial charge in [-0.1, -0.05) is 60.7 Å². The molecule has 0 unspecified atom stereocenters. The van der Waals surface area contributed by atoms with Crippen LogP contribution < -0.4 is 9.62 Å². The van der Waals surface area contributed by atoms with Crippen molar-refractivity contribution in [2.75, 3.05) is 17.1 Å². The first-order valence-corrected chi connectivity index (χ1v) is 14.9. The first kappa shape index (κ1) is 30.7. The molecular weight excluding hydrogens is 555 g/mol. The standard InChI is InChI=1S/C27H33ClF3N3O4S/c1-18-8-7-9-20(14-18)16-33(19(2)26(36)32-22-10-5-4-6-11-22)25(35)17-34(39(3,37)38)24-15-21(27(29,30)31)12-13-23(24)28/h7-9,12-15,19,22H,4-6,10-11,16-17H2,1-3H3,(H,32,36)/t19-/m0/s1. The Balaban J connectivity index is 1.95. The molecule has 7 nitrogen and oxygen atoms in total. The molecule has 2 aromatic rings. The number of nitrogens with one attached hydrogen (secondary N) is 1. The van der Waals surface area contributed by atoms with Gasteiger partial charge in [-0.25, -0.2) is 8.42 Å². The molecule has 0 spiro atoms. The molecule has 39 heavy (non-hydrogen) atoms. The summed E-state index contributed by atoms with van der Waals surface area (Å²) < 4.78 is 66.1. The van der Waals surface area contributed by atoms with Gasteiger partial charge >= 0.3 is 6.18 Å². The van der Waals surface area contributed by atoms with Crippen molar-refractivity contribution in [1.29, 1.82) is 0 Å². The minimum atomic E-state index is -4.75. The summed E-state index contributed by atoms with van der Waals surface area (Å²) in [7, 11) is -4.25. The Morgan fingerprint density at radius 1 is 1.10 bits per heavy atom. The Labute approximate surface area is 232 Å². The van der Waals surface area contributed by atoms with Gasteiger partial charge < -0.3 is 10.2 Å². The highest BCUT2D eigenvalue weighted by molar-refractivity contribution is 7.92. The number of carbonyl (C=O) groups excluding carboxylic acids is 2. The SMILES string of the molecule is Cc1cccc(CN(C(=O)CN(c2cc(C(F)(F)F)ccc2Cl)S(C)(=O)=O)[C@@H](C)C(=O)NC2CCCCC2)c1. The summed E-state index contributed by atoms with van der Waals surface area (Å²) >= 11 is 6.12. The van der Waals surface area contributed by atoms with E-state index in [0.29, 0.717) is 15.9 Å². The van der Waals surface area contributed by atoms with Crippen molar-refractivity contribution in [3.8, 4) is 0 Å². The van der Waals surface area contributed by atoms with Crippen LogP contribution in [0.5, 0.6) is 0 Å². The third-order valence-corrected chi connectivity index (χ3v) is 8.22. The van der Waals surface area contributed by atoms with Gasteiger partial charge in [0.2, 0.25) is 21.8 Å². The molecule has 12 heteroatoms. The van der Waals surface area contributed by atoms with E-state index in [9.17, 15) is 31.2 Å². The Kier molecular flexibility index (Phi) is 9.93. The number of alkyl halides is 3. The molecule has 0 heterocycles. The molecule has 1 fully saturated rings. The minimum absolute atomic E-state index is 0.00626. The molecule has 0 saturated heterocycles. The molecule has 0 aromatic heterocycles. The lowest BCUT2D eigenvalue weighted by atomic mass is 9.95. The van der Waals surface area contributed by atoms with Crippen LogP contribution in [-0.2, 0) is 32.3 Å². The van der Waals surface area contributed by atoms with Crippen molar-refractivity contribution >= 4 is 39.1 Å². The van der Waals surface area contributed by atoms with E-state index < -0.39 is 45.9 Å². The van der Waals surface area contributed by atoms with E-state index >= 15 is 0 Å². The summed E-state index contributed by atoms with van der Waals surface area (Å²) in [4.78, 5) is 28.1. The smallest absolute Gasteiger partial charge is 0.352 e. The van der Waals surface area contributed by atoms with Crippen LogP contribution >= 0.6 is 11.6 Å². The van der Waals surface area contributed by atoms with Gasteiger partial charge in [-0.3, -0.25) is 13.9 Å². The molecule has 0 aliphatic heterocycles. The van der Waals surface area contributed by atoms with Gasteiger partial charge in [-0.2, -0.15) is 13.2 Å². The fourth-order valence-corrected chi connectivity index (χ4v) is 5.76. The number of nitrogens with zero attached hydrogens (tertiary/aromatic N) is 2. The predicted octanol–water partition coefficient (Wildman–Crippen LogP) is 5.30. The fourth-order valence-electron chi connectivity index (χ4n) is 4.63. The van der Waals surface area contributed by atoms with E-state index in [0.717, 1.165) is 56.1 Å². The van der Waals surface area contributed by atoms with E-state index in [1.807, 2.05) is 19.1 Å². The zero-order chi connectivity index (χ0) is 29.0. The van der Waals surface area contributed by atoms with E-state index in [2.05, 4.69) is 5.32 Å². The molecule has 1 aliphatic carbocycles. The van der Waals surface area contributed by atoms with Crippen LogP contribution in [0.1, 0.15) is 55.7 Å². The van der Waals surface area contributed by atoms with E-state index in [4.69, 9.17) is 11.6 Å². The van der Waals surface area contributed by atoms with Crippen molar-refractivity contribution in [2.45, 2.75) is 70.8 Å². The lowest BCUT2D eigenvalue weighted by molar-refractivity contribution is -0.139. The third-order valence-electron chi connectivity index (χ3n) is 6.78. The second kappa shape index (κ2) is 12.6. The number of aryl methyl sites for hydroxylation is 1. The molecule has 2 amide bonds. The summed E-state index contributed by atoms with van der Waals surface area (Å²) in [5.74, 6) is -1.15. The highest BCUT2D eigenvalue weighted by atomic mass is 35.5. The average molecular weight is 588 g/mol. The van der Waals surface area contributed by atoms with Crippen LogP contribution in [0, 0.1) is 6.92 Å². The maximum Gasteiger partial charge on any atom is 0.416 e. The topological polar surface area (TPSA) is 86.8 Å². The third kappa shape index (κ3) is 8.35. The molecule has 2 aromatic carbocycles. The van der Waals surface area contributed by atoms with Gasteiger partial charge in [-0.15, -0.1) is 0 Å². The van der Waals surface area contributed by atoms with Crippen molar-refractivity contribution in [1.82, 2.24) is 10.2 Å². The lowest BCUT2D eigenvalue weighted by Crippen LogP contribution is -2.53. The molecule has 214 valence electrons. The number of rotatable bonds is 9. The molecule has 0 radical (unpaired) electrons. The van der Waals surface area contributed by atoms with E-state index in [-0.39, 0.29) is 23.5 Å². The number of sulfonamides is 1. The fraction of sp³-hybridized carbons (Fsp3) is 0.481. The van der Waals surface area contributed by atoms with E-state index in [1.54, 1.807) is 19.1 Å². The maximum atomic E-state index is 13.7. The average Bonchev–Trinajstić information content (AvgIpc) is 2.85. The Morgan fingerprint density at radius 3 is 2.36 bits per heavy atom. The molecule has 1 atom stereocenters. The van der Waals surface area contributed by atoms with Gasteiger partial charge in [-0.05, 0) is 50.5 Å². The molecule has 1 saturated carbocycles. The Bertz CT molecular complexity index is 1300. The molecule has 1 N–H and O–H groups in total. The number of benzene rings is 2. The van der Waals surface area contributed by atoms with Crippen LogP contribution in [-0.4, -0.2) is 50.0 Å². The monoisotopic (exact) mass is 587 g/mol. The predicted molar refractivity (Wildman–Crippen MR) is 145 cm³/mol. The first-order valence-electron chi connectivity index (χ1n) is 12.7. The normalized spacial score (nSPS) is 15.5. The van der Waals surface area contributed by atoms with Gasteiger partial charge in [0.15, 0.2) is 0 Å². The zero-order valence-corrected chi connectivity index (χ0v) is 23.7. The summed E-state index contributed by atoms with van der Waals surface area (Å²) in [5.41, 5.74) is 0.0494. The summed E-state index contributed by atoms with van der Waals surface area (Å²) in [6, 6.07) is 8.56. The quantitative estimate of drug-likeness (QED) is 0.431. The molecule has 3 rings (SSSR count). The van der Waals surface area contributed by atoms with Crippen LogP contribution in [0.4, 0.5) is 18.9 Å². The summed E-state index contributed by atoms with van der Waals surface area (Å²) in [6.45, 7) is 2.57. The van der Waals surface area contributed by atoms with E-state index in [1.165, 1.54) is 4.90 Å². The Hall–Kier alpha value is -2.79. The van der Waals surface area contributed by atoms with Gasteiger partial charge in [0.1, 0.15) is 12.6 Å². The summed E-state index contributed by atoms with van der Waals surface area (Å²) in [5, 5.41) is 2.72. The van der Waals surface area contributed by atoms with Crippen molar-refractivity contribution < 1.29 is 31.2 Å². The van der Waals surface area contributed by atoms with Crippen LogP contribution in [0.15, 0.2) is 42.5 Å². The van der Waals surface area contributed by atoms with Crippen LogP contribution in [0.2, 0.25) is 5.02 Å². The molecular formula is C27H33ClF3N3O4S. The van der Waals surface area contributed by atoms with Gasteiger partial charge in [0.25, 0.3) is 0 Å². The van der Waals surface area contributed by atoms with Crippen LogP contribution in [0.3, 0.4) is 0 Å². The lowest BCUT2D eigenvalue weighted by Gasteiger charge is -2.33. The highest BCUT2D eigenvalue weighted by Crippen LogP contribution is 2.36. The number of halogens is 4. The second-order valence-electron chi connectivity index (χ2n) is 9.96. The molecule has 1 aliphatic rings. The van der Waals surface area contributed by atoms with Crippen molar-refractivity contribution in [2.24, 2.45) is 0 Å². The maximum absolute atomic E-state index is 13.7. The van der Waals surface area contributed by atoms with Crippen molar-refractivity contribution in [3.63, 3.8) is 0 Å². The number of hydrogen-bond acceptors (Lipinski definition) is 4.